The maximum absolute atomic E-state index is 11.9. The Morgan fingerprint density at radius 2 is 2.13 bits per heavy atom. The largest absolute Gasteiger partial charge is 0.293 e. The zero-order chi connectivity index (χ0) is 10.7. The third-order valence-corrected chi connectivity index (χ3v) is 4.98. The molecule has 1 aliphatic heterocycles. The van der Waals surface area contributed by atoms with Crippen LogP contribution >= 0.6 is 34.7 Å². The Balaban J connectivity index is 1.91. The molecule has 1 fully saturated rings. The van der Waals surface area contributed by atoms with Gasteiger partial charge in [0.1, 0.15) is 0 Å². The van der Waals surface area contributed by atoms with Crippen LogP contribution in [0.25, 0.3) is 0 Å². The van der Waals surface area contributed by atoms with Crippen molar-refractivity contribution in [1.29, 1.82) is 0 Å². The molecule has 0 spiro atoms. The molecular weight excluding hydrogens is 248 g/mol. The van der Waals surface area contributed by atoms with Gasteiger partial charge in [-0.3, -0.25) is 4.79 Å². The predicted molar refractivity (Wildman–Crippen MR) is 68.3 cm³/mol. The standard InChI is InChI=1S/C11H13ClOS2/c12-11-2-1-10(15-11)9(13)7-8-3-5-14-6-4-8/h1-2,8H,3-7H2. The monoisotopic (exact) mass is 260 g/mol. The molecule has 15 heavy (non-hydrogen) atoms. The van der Waals surface area contributed by atoms with E-state index in [4.69, 9.17) is 11.6 Å². The van der Waals surface area contributed by atoms with E-state index in [9.17, 15) is 4.79 Å². The minimum Gasteiger partial charge on any atom is -0.293 e. The lowest BCUT2D eigenvalue weighted by Crippen LogP contribution is -2.13. The van der Waals surface area contributed by atoms with Crippen LogP contribution in [0.5, 0.6) is 0 Å². The molecule has 1 aromatic rings. The summed E-state index contributed by atoms with van der Waals surface area (Å²) in [6, 6.07) is 3.64. The van der Waals surface area contributed by atoms with Gasteiger partial charge in [0.25, 0.3) is 0 Å². The van der Waals surface area contributed by atoms with Crippen LogP contribution in [-0.2, 0) is 0 Å². The highest BCUT2D eigenvalue weighted by molar-refractivity contribution is 7.99. The molecule has 0 N–H and O–H groups in total. The fourth-order valence-electron chi connectivity index (χ4n) is 1.78. The van der Waals surface area contributed by atoms with Gasteiger partial charge in [-0.05, 0) is 42.4 Å². The van der Waals surface area contributed by atoms with E-state index in [1.807, 2.05) is 17.8 Å². The summed E-state index contributed by atoms with van der Waals surface area (Å²) in [5, 5.41) is 0. The van der Waals surface area contributed by atoms with Gasteiger partial charge >= 0.3 is 0 Å². The number of thiophene rings is 1. The second-order valence-corrected chi connectivity index (χ2v) is 6.73. The van der Waals surface area contributed by atoms with Gasteiger partial charge in [0, 0.05) is 6.42 Å². The van der Waals surface area contributed by atoms with E-state index >= 15 is 0 Å². The molecule has 0 radical (unpaired) electrons. The highest BCUT2D eigenvalue weighted by Gasteiger charge is 2.19. The van der Waals surface area contributed by atoms with Gasteiger partial charge in [0.15, 0.2) is 5.78 Å². The molecule has 0 atom stereocenters. The van der Waals surface area contributed by atoms with Crippen LogP contribution in [0, 0.1) is 5.92 Å². The lowest BCUT2D eigenvalue weighted by atomic mass is 9.96. The van der Waals surface area contributed by atoms with E-state index in [-0.39, 0.29) is 5.78 Å². The van der Waals surface area contributed by atoms with Crippen molar-refractivity contribution in [1.82, 2.24) is 0 Å². The first-order valence-electron chi connectivity index (χ1n) is 5.12. The van der Waals surface area contributed by atoms with Gasteiger partial charge in [0.2, 0.25) is 0 Å². The number of halogens is 1. The zero-order valence-electron chi connectivity index (χ0n) is 8.37. The van der Waals surface area contributed by atoms with Crippen molar-refractivity contribution in [3.8, 4) is 0 Å². The topological polar surface area (TPSA) is 17.1 Å². The van der Waals surface area contributed by atoms with Crippen LogP contribution in [0.15, 0.2) is 12.1 Å². The van der Waals surface area contributed by atoms with E-state index in [0.29, 0.717) is 16.7 Å². The Hall–Kier alpha value is 0.01000. The van der Waals surface area contributed by atoms with Gasteiger partial charge in [-0.25, -0.2) is 0 Å². The summed E-state index contributed by atoms with van der Waals surface area (Å²) in [6.07, 6.45) is 3.09. The van der Waals surface area contributed by atoms with Gasteiger partial charge in [-0.2, -0.15) is 11.8 Å². The first kappa shape index (κ1) is 11.5. The van der Waals surface area contributed by atoms with Crippen LogP contribution < -0.4 is 0 Å². The third-order valence-electron chi connectivity index (χ3n) is 2.66. The molecule has 0 unspecified atom stereocenters. The number of hydrogen-bond donors (Lipinski definition) is 0. The maximum atomic E-state index is 11.9. The lowest BCUT2D eigenvalue weighted by molar-refractivity contribution is 0.0962. The van der Waals surface area contributed by atoms with Crippen molar-refractivity contribution < 1.29 is 4.79 Å². The first-order chi connectivity index (χ1) is 7.25. The molecule has 2 rings (SSSR count). The molecule has 4 heteroatoms. The summed E-state index contributed by atoms with van der Waals surface area (Å²) in [5.74, 6) is 3.29. The van der Waals surface area contributed by atoms with Gasteiger partial charge in [-0.15, -0.1) is 11.3 Å². The number of thioether (sulfide) groups is 1. The molecule has 2 heterocycles. The van der Waals surface area contributed by atoms with Crippen LogP contribution in [0.4, 0.5) is 0 Å². The Labute approximate surface area is 103 Å². The Bertz CT molecular complexity index is 342. The van der Waals surface area contributed by atoms with E-state index in [2.05, 4.69) is 0 Å². The Kier molecular flexibility index (Phi) is 4.12. The smallest absolute Gasteiger partial charge is 0.173 e. The lowest BCUT2D eigenvalue weighted by Gasteiger charge is -2.19. The normalized spacial score (nSPS) is 17.9. The number of carbonyl (C=O) groups excluding carboxylic acids is 1. The van der Waals surface area contributed by atoms with Gasteiger partial charge in [0.05, 0.1) is 9.21 Å². The first-order valence-corrected chi connectivity index (χ1v) is 7.47. The average molecular weight is 261 g/mol. The van der Waals surface area contributed by atoms with Gasteiger partial charge in [-0.1, -0.05) is 11.6 Å². The number of hydrogen-bond acceptors (Lipinski definition) is 3. The molecule has 1 saturated heterocycles. The van der Waals surface area contributed by atoms with Crippen molar-refractivity contribution in [3.63, 3.8) is 0 Å². The molecule has 0 saturated carbocycles. The van der Waals surface area contributed by atoms with Crippen molar-refractivity contribution in [3.05, 3.63) is 21.3 Å². The molecule has 82 valence electrons. The van der Waals surface area contributed by atoms with Crippen molar-refractivity contribution >= 4 is 40.5 Å². The van der Waals surface area contributed by atoms with Crippen LogP contribution in [0.1, 0.15) is 28.9 Å². The second-order valence-electron chi connectivity index (χ2n) is 3.79. The van der Waals surface area contributed by atoms with Crippen molar-refractivity contribution in [2.24, 2.45) is 5.92 Å². The molecule has 0 bridgehead atoms. The number of carbonyl (C=O) groups is 1. The molecule has 1 nitrogen and oxygen atoms in total. The Morgan fingerprint density at radius 1 is 1.40 bits per heavy atom. The van der Waals surface area contributed by atoms with Gasteiger partial charge < -0.3 is 0 Å². The van der Waals surface area contributed by atoms with E-state index in [1.54, 1.807) is 6.07 Å². The molecule has 1 aliphatic rings. The number of rotatable bonds is 3. The van der Waals surface area contributed by atoms with Crippen LogP contribution in [0.2, 0.25) is 4.34 Å². The van der Waals surface area contributed by atoms with E-state index < -0.39 is 0 Å². The van der Waals surface area contributed by atoms with E-state index in [1.165, 1.54) is 35.7 Å². The van der Waals surface area contributed by atoms with Crippen molar-refractivity contribution in [2.45, 2.75) is 19.3 Å². The fraction of sp³-hybridized carbons (Fsp3) is 0.545. The summed E-state index contributed by atoms with van der Waals surface area (Å²) in [5.41, 5.74) is 0. The SMILES string of the molecule is O=C(CC1CCSCC1)c1ccc(Cl)s1. The summed E-state index contributed by atoms with van der Waals surface area (Å²) < 4.78 is 0.706. The summed E-state index contributed by atoms with van der Waals surface area (Å²) in [6.45, 7) is 0. The quantitative estimate of drug-likeness (QED) is 0.761. The average Bonchev–Trinajstić information content (AvgIpc) is 2.66. The predicted octanol–water partition coefficient (Wildman–Crippen LogP) is 4.12. The van der Waals surface area contributed by atoms with Crippen molar-refractivity contribution in [2.75, 3.05) is 11.5 Å². The highest BCUT2D eigenvalue weighted by atomic mass is 35.5. The maximum Gasteiger partial charge on any atom is 0.173 e. The third kappa shape index (κ3) is 3.23. The second kappa shape index (κ2) is 5.37. The summed E-state index contributed by atoms with van der Waals surface area (Å²) in [4.78, 5) is 12.7. The highest BCUT2D eigenvalue weighted by Crippen LogP contribution is 2.29. The number of ketones is 1. The fourth-order valence-corrected chi connectivity index (χ4v) is 3.97. The molecule has 0 aliphatic carbocycles. The Morgan fingerprint density at radius 3 is 2.73 bits per heavy atom. The molecule has 0 amide bonds. The summed E-state index contributed by atoms with van der Waals surface area (Å²) in [7, 11) is 0. The minimum atomic E-state index is 0.267. The summed E-state index contributed by atoms with van der Waals surface area (Å²) >= 11 is 9.20. The molecular formula is C11H13ClOS2. The zero-order valence-corrected chi connectivity index (χ0v) is 10.8. The van der Waals surface area contributed by atoms with E-state index in [0.717, 1.165) is 4.88 Å². The molecule has 0 aromatic carbocycles. The van der Waals surface area contributed by atoms with Crippen LogP contribution in [0.3, 0.4) is 0 Å². The number of Topliss-reactive ketones (excluding diaryl/α,β-unsaturated/α-hetero) is 1. The molecule has 1 aromatic heterocycles. The van der Waals surface area contributed by atoms with Crippen LogP contribution in [-0.4, -0.2) is 17.3 Å². The minimum absolute atomic E-state index is 0.267.